The molecule has 0 spiro atoms. The van der Waals surface area contributed by atoms with Crippen molar-refractivity contribution in [3.05, 3.63) is 18.0 Å². The second-order valence-electron chi connectivity index (χ2n) is 3.37. The number of aromatic nitrogens is 2. The SMILES string of the molecule is Nc1ncc(C2CC(=O)CCN2)cn1. The van der Waals surface area contributed by atoms with E-state index in [9.17, 15) is 4.79 Å². The quantitative estimate of drug-likeness (QED) is 0.657. The molecule has 0 amide bonds. The van der Waals surface area contributed by atoms with Gasteiger partial charge in [0.15, 0.2) is 0 Å². The number of nitrogen functional groups attached to an aromatic ring is 1. The Morgan fingerprint density at radius 1 is 1.43 bits per heavy atom. The molecule has 1 aromatic rings. The summed E-state index contributed by atoms with van der Waals surface area (Å²) in [6.07, 6.45) is 4.47. The molecule has 1 atom stereocenters. The molecule has 14 heavy (non-hydrogen) atoms. The van der Waals surface area contributed by atoms with E-state index in [0.29, 0.717) is 12.8 Å². The van der Waals surface area contributed by atoms with Gasteiger partial charge in [0, 0.05) is 43.4 Å². The van der Waals surface area contributed by atoms with Gasteiger partial charge in [-0.2, -0.15) is 0 Å². The number of carbonyl (C=O) groups is 1. The average Bonchev–Trinajstić information content (AvgIpc) is 2.19. The highest BCUT2D eigenvalue weighted by atomic mass is 16.1. The predicted octanol–water partition coefficient (Wildman–Crippen LogP) is 0.0524. The number of nitrogens with one attached hydrogen (secondary N) is 1. The van der Waals surface area contributed by atoms with Crippen molar-refractivity contribution in [2.75, 3.05) is 12.3 Å². The van der Waals surface area contributed by atoms with Crippen molar-refractivity contribution >= 4 is 11.7 Å². The molecule has 74 valence electrons. The van der Waals surface area contributed by atoms with Crippen molar-refractivity contribution in [1.29, 1.82) is 0 Å². The molecule has 1 aliphatic heterocycles. The van der Waals surface area contributed by atoms with Crippen LogP contribution in [0.5, 0.6) is 0 Å². The molecule has 1 aliphatic rings. The van der Waals surface area contributed by atoms with Gasteiger partial charge in [-0.3, -0.25) is 4.79 Å². The summed E-state index contributed by atoms with van der Waals surface area (Å²) in [7, 11) is 0. The highest BCUT2D eigenvalue weighted by Gasteiger charge is 2.20. The summed E-state index contributed by atoms with van der Waals surface area (Å²) in [4.78, 5) is 19.0. The molecule has 3 N–H and O–H groups in total. The van der Waals surface area contributed by atoms with E-state index in [1.165, 1.54) is 0 Å². The van der Waals surface area contributed by atoms with Crippen molar-refractivity contribution in [3.8, 4) is 0 Å². The smallest absolute Gasteiger partial charge is 0.219 e. The van der Waals surface area contributed by atoms with Gasteiger partial charge in [0.05, 0.1) is 0 Å². The first-order valence-electron chi connectivity index (χ1n) is 4.58. The summed E-state index contributed by atoms with van der Waals surface area (Å²) in [6, 6.07) is 0.0526. The molecule has 0 bridgehead atoms. The van der Waals surface area contributed by atoms with E-state index in [1.807, 2.05) is 0 Å². The average molecular weight is 192 g/mol. The first-order chi connectivity index (χ1) is 6.75. The Morgan fingerprint density at radius 2 is 2.14 bits per heavy atom. The zero-order valence-electron chi connectivity index (χ0n) is 7.73. The fraction of sp³-hybridized carbons (Fsp3) is 0.444. The third-order valence-electron chi connectivity index (χ3n) is 2.32. The third-order valence-corrected chi connectivity index (χ3v) is 2.32. The lowest BCUT2D eigenvalue weighted by Crippen LogP contribution is -2.32. The molecule has 2 rings (SSSR count). The number of Topliss-reactive ketones (excluding diaryl/α,β-unsaturated/α-hetero) is 1. The molecule has 0 radical (unpaired) electrons. The van der Waals surface area contributed by atoms with Crippen LogP contribution in [0.1, 0.15) is 24.4 Å². The molecule has 2 heterocycles. The molecule has 1 fully saturated rings. The van der Waals surface area contributed by atoms with Crippen molar-refractivity contribution in [2.24, 2.45) is 0 Å². The normalized spacial score (nSPS) is 22.3. The maximum atomic E-state index is 11.2. The number of nitrogens with zero attached hydrogens (tertiary/aromatic N) is 2. The summed E-state index contributed by atoms with van der Waals surface area (Å²) in [5, 5.41) is 3.24. The van der Waals surface area contributed by atoms with Gasteiger partial charge in [0.1, 0.15) is 5.78 Å². The van der Waals surface area contributed by atoms with Gasteiger partial charge in [-0.05, 0) is 0 Å². The number of hydrogen-bond acceptors (Lipinski definition) is 5. The minimum absolute atomic E-state index is 0.0526. The van der Waals surface area contributed by atoms with E-state index in [0.717, 1.165) is 12.1 Å². The molecule has 0 saturated carbocycles. The lowest BCUT2D eigenvalue weighted by molar-refractivity contribution is -0.120. The fourth-order valence-electron chi connectivity index (χ4n) is 1.55. The number of hydrogen-bond donors (Lipinski definition) is 2. The van der Waals surface area contributed by atoms with Gasteiger partial charge in [-0.15, -0.1) is 0 Å². The van der Waals surface area contributed by atoms with Crippen molar-refractivity contribution in [2.45, 2.75) is 18.9 Å². The van der Waals surface area contributed by atoms with Gasteiger partial charge < -0.3 is 11.1 Å². The Balaban J connectivity index is 2.14. The maximum Gasteiger partial charge on any atom is 0.219 e. The van der Waals surface area contributed by atoms with E-state index in [1.54, 1.807) is 12.4 Å². The molecule has 5 heteroatoms. The largest absolute Gasteiger partial charge is 0.368 e. The third kappa shape index (κ3) is 1.88. The van der Waals surface area contributed by atoms with E-state index in [2.05, 4.69) is 15.3 Å². The molecule has 5 nitrogen and oxygen atoms in total. The molecular weight excluding hydrogens is 180 g/mol. The van der Waals surface area contributed by atoms with Crippen molar-refractivity contribution in [3.63, 3.8) is 0 Å². The van der Waals surface area contributed by atoms with Crippen LogP contribution in [-0.2, 0) is 4.79 Å². The fourth-order valence-corrected chi connectivity index (χ4v) is 1.55. The highest BCUT2D eigenvalue weighted by molar-refractivity contribution is 5.80. The van der Waals surface area contributed by atoms with Crippen LogP contribution in [0.25, 0.3) is 0 Å². The van der Waals surface area contributed by atoms with Gasteiger partial charge in [0.2, 0.25) is 5.95 Å². The Labute approximate surface area is 81.7 Å². The number of ketones is 1. The van der Waals surface area contributed by atoms with Gasteiger partial charge in [0.25, 0.3) is 0 Å². The van der Waals surface area contributed by atoms with E-state index in [-0.39, 0.29) is 17.8 Å². The summed E-state index contributed by atoms with van der Waals surface area (Å²) in [5.41, 5.74) is 6.30. The highest BCUT2D eigenvalue weighted by Crippen LogP contribution is 2.19. The first kappa shape index (κ1) is 9.08. The number of anilines is 1. The molecule has 1 aromatic heterocycles. The Hall–Kier alpha value is -1.49. The Morgan fingerprint density at radius 3 is 2.79 bits per heavy atom. The second-order valence-corrected chi connectivity index (χ2v) is 3.37. The predicted molar refractivity (Wildman–Crippen MR) is 51.4 cm³/mol. The first-order valence-corrected chi connectivity index (χ1v) is 4.58. The standard InChI is InChI=1S/C9H12N4O/c10-9-12-4-6(5-13-9)8-3-7(14)1-2-11-8/h4-5,8,11H,1-3H2,(H2,10,12,13). The van der Waals surface area contributed by atoms with Gasteiger partial charge in [-0.25, -0.2) is 9.97 Å². The van der Waals surface area contributed by atoms with E-state index < -0.39 is 0 Å². The lowest BCUT2D eigenvalue weighted by Gasteiger charge is -2.22. The van der Waals surface area contributed by atoms with Gasteiger partial charge in [-0.1, -0.05) is 0 Å². The summed E-state index contributed by atoms with van der Waals surface area (Å²) in [5.74, 6) is 0.543. The van der Waals surface area contributed by atoms with Crippen LogP contribution in [0.15, 0.2) is 12.4 Å². The summed E-state index contributed by atoms with van der Waals surface area (Å²) >= 11 is 0. The molecule has 1 saturated heterocycles. The molecule has 1 unspecified atom stereocenters. The van der Waals surface area contributed by atoms with Crippen LogP contribution in [0.4, 0.5) is 5.95 Å². The number of nitrogens with two attached hydrogens (primary N) is 1. The van der Waals surface area contributed by atoms with Crippen LogP contribution < -0.4 is 11.1 Å². The topological polar surface area (TPSA) is 80.9 Å². The Kier molecular flexibility index (Phi) is 2.41. The number of piperidine rings is 1. The monoisotopic (exact) mass is 192 g/mol. The molecular formula is C9H12N4O. The number of rotatable bonds is 1. The van der Waals surface area contributed by atoms with Crippen LogP contribution >= 0.6 is 0 Å². The number of carbonyl (C=O) groups excluding carboxylic acids is 1. The zero-order chi connectivity index (χ0) is 9.97. The van der Waals surface area contributed by atoms with E-state index in [4.69, 9.17) is 5.73 Å². The Bertz CT molecular complexity index is 335. The van der Waals surface area contributed by atoms with Gasteiger partial charge >= 0.3 is 0 Å². The maximum absolute atomic E-state index is 11.2. The lowest BCUT2D eigenvalue weighted by atomic mass is 9.99. The van der Waals surface area contributed by atoms with Crippen LogP contribution in [0, 0.1) is 0 Å². The second kappa shape index (κ2) is 3.71. The molecule has 0 aromatic carbocycles. The van der Waals surface area contributed by atoms with Crippen LogP contribution in [-0.4, -0.2) is 22.3 Å². The minimum Gasteiger partial charge on any atom is -0.368 e. The van der Waals surface area contributed by atoms with Crippen LogP contribution in [0.3, 0.4) is 0 Å². The van der Waals surface area contributed by atoms with Crippen molar-refractivity contribution < 1.29 is 4.79 Å². The van der Waals surface area contributed by atoms with Crippen LogP contribution in [0.2, 0.25) is 0 Å². The summed E-state index contributed by atoms with van der Waals surface area (Å²) in [6.45, 7) is 0.730. The molecule has 0 aliphatic carbocycles. The zero-order valence-corrected chi connectivity index (χ0v) is 7.73. The van der Waals surface area contributed by atoms with Crippen molar-refractivity contribution in [1.82, 2.24) is 15.3 Å². The minimum atomic E-state index is 0.0526. The summed E-state index contributed by atoms with van der Waals surface area (Å²) < 4.78 is 0. The van der Waals surface area contributed by atoms with E-state index >= 15 is 0 Å².